The number of ether oxygens (including phenoxy) is 1. The molecule has 10 nitrogen and oxygen atoms in total. The highest BCUT2D eigenvalue weighted by atomic mass is 35.5. The second-order valence-electron chi connectivity index (χ2n) is 10.2. The Labute approximate surface area is 233 Å². The number of aromatic hydroxyl groups is 1. The summed E-state index contributed by atoms with van der Waals surface area (Å²) < 4.78 is 5.98. The maximum atomic E-state index is 14.1. The Hall–Kier alpha value is -3.81. The van der Waals surface area contributed by atoms with E-state index in [4.69, 9.17) is 27.1 Å². The number of phenolic OH excluding ortho intramolecular Hbond substituents is 1. The van der Waals surface area contributed by atoms with Gasteiger partial charge in [-0.25, -0.2) is 4.79 Å². The van der Waals surface area contributed by atoms with Crippen LogP contribution in [0.4, 0.5) is 4.79 Å². The zero-order chi connectivity index (χ0) is 28.3. The van der Waals surface area contributed by atoms with Crippen LogP contribution in [0.3, 0.4) is 0 Å². The number of amides is 3. The maximum absolute atomic E-state index is 14.1. The van der Waals surface area contributed by atoms with E-state index in [9.17, 15) is 20.0 Å². The second kappa shape index (κ2) is 11.5. The van der Waals surface area contributed by atoms with Gasteiger partial charge < -0.3 is 20.5 Å². The van der Waals surface area contributed by atoms with Gasteiger partial charge in [0, 0.05) is 31.2 Å². The van der Waals surface area contributed by atoms with Crippen molar-refractivity contribution in [3.8, 4) is 17.6 Å². The molecule has 0 aromatic heterocycles. The highest BCUT2D eigenvalue weighted by Crippen LogP contribution is 2.39. The molecule has 2 aliphatic heterocycles. The van der Waals surface area contributed by atoms with Gasteiger partial charge in [-0.15, -0.1) is 0 Å². The Morgan fingerprint density at radius 3 is 2.46 bits per heavy atom. The van der Waals surface area contributed by atoms with Crippen LogP contribution in [-0.4, -0.2) is 83.5 Å². The number of aliphatic imine (C=N–C) groups is 1. The van der Waals surface area contributed by atoms with Gasteiger partial charge in [0.15, 0.2) is 0 Å². The Bertz CT molecular complexity index is 1310. The van der Waals surface area contributed by atoms with Crippen molar-refractivity contribution < 1.29 is 19.4 Å². The van der Waals surface area contributed by atoms with E-state index in [1.165, 1.54) is 0 Å². The number of carbonyl (C=O) groups is 2. The van der Waals surface area contributed by atoms with Crippen molar-refractivity contribution in [3.63, 3.8) is 0 Å². The lowest BCUT2D eigenvalue weighted by Gasteiger charge is -2.38. The molecule has 39 heavy (non-hydrogen) atoms. The number of urea groups is 1. The SMILES string of the molecule is CCOc1cc(C(C)(C)C#N)c(Cl)cc1C1=NC[C@@H](c2ccc(O)cc2)N1C(=O)N1CCN(CC(N)=O)CC1. The Morgan fingerprint density at radius 1 is 1.21 bits per heavy atom. The van der Waals surface area contributed by atoms with Gasteiger partial charge in [0.25, 0.3) is 0 Å². The summed E-state index contributed by atoms with van der Waals surface area (Å²) in [6.45, 7) is 8.14. The molecule has 1 fully saturated rings. The van der Waals surface area contributed by atoms with Crippen molar-refractivity contribution in [2.24, 2.45) is 10.7 Å². The summed E-state index contributed by atoms with van der Waals surface area (Å²) in [4.78, 5) is 35.5. The van der Waals surface area contributed by atoms with Gasteiger partial charge in [0.05, 0.1) is 42.8 Å². The molecule has 1 saturated heterocycles. The zero-order valence-corrected chi connectivity index (χ0v) is 23.1. The number of hydrogen-bond acceptors (Lipinski definition) is 7. The molecular weight excluding hydrogens is 520 g/mol. The van der Waals surface area contributed by atoms with Crippen molar-refractivity contribution in [3.05, 3.63) is 58.1 Å². The van der Waals surface area contributed by atoms with Crippen molar-refractivity contribution >= 4 is 29.4 Å². The first-order chi connectivity index (χ1) is 18.6. The maximum Gasteiger partial charge on any atom is 0.326 e. The van der Waals surface area contributed by atoms with E-state index in [1.54, 1.807) is 60.0 Å². The minimum Gasteiger partial charge on any atom is -0.508 e. The van der Waals surface area contributed by atoms with E-state index in [0.29, 0.717) is 67.1 Å². The fourth-order valence-corrected chi connectivity index (χ4v) is 5.28. The highest BCUT2D eigenvalue weighted by molar-refractivity contribution is 6.32. The average molecular weight is 553 g/mol. The number of carbonyl (C=O) groups excluding carboxylic acids is 2. The third-order valence-corrected chi connectivity index (χ3v) is 7.34. The van der Waals surface area contributed by atoms with Crippen molar-refractivity contribution in [2.75, 3.05) is 45.9 Å². The van der Waals surface area contributed by atoms with E-state index < -0.39 is 17.4 Å². The molecule has 3 amide bonds. The lowest BCUT2D eigenvalue weighted by molar-refractivity contribution is -0.119. The van der Waals surface area contributed by atoms with E-state index in [-0.39, 0.29) is 18.3 Å². The predicted octanol–water partition coefficient (Wildman–Crippen LogP) is 3.27. The van der Waals surface area contributed by atoms with Crippen LogP contribution in [0.15, 0.2) is 41.4 Å². The molecule has 0 unspecified atom stereocenters. The summed E-state index contributed by atoms with van der Waals surface area (Å²) >= 11 is 6.70. The number of primary amides is 1. The molecule has 2 aromatic rings. The number of halogens is 1. The molecule has 3 N–H and O–H groups in total. The van der Waals surface area contributed by atoms with Crippen LogP contribution >= 0.6 is 11.6 Å². The molecule has 0 radical (unpaired) electrons. The molecule has 2 heterocycles. The fraction of sp³-hybridized carbons (Fsp3) is 0.429. The van der Waals surface area contributed by atoms with Gasteiger partial charge in [0.2, 0.25) is 5.91 Å². The van der Waals surface area contributed by atoms with Crippen molar-refractivity contribution in [1.29, 1.82) is 5.26 Å². The quantitative estimate of drug-likeness (QED) is 0.541. The zero-order valence-electron chi connectivity index (χ0n) is 22.4. The van der Waals surface area contributed by atoms with E-state index in [2.05, 4.69) is 6.07 Å². The first kappa shape index (κ1) is 28.2. The molecule has 0 saturated carbocycles. The lowest BCUT2D eigenvalue weighted by Crippen LogP contribution is -2.55. The summed E-state index contributed by atoms with van der Waals surface area (Å²) in [6, 6.07) is 11.8. The number of phenols is 1. The lowest BCUT2D eigenvalue weighted by atomic mass is 9.85. The molecular formula is C28H33ClN6O4. The van der Waals surface area contributed by atoms with E-state index >= 15 is 0 Å². The third kappa shape index (κ3) is 5.95. The number of nitrogens with zero attached hydrogens (tertiary/aromatic N) is 5. The molecule has 2 aromatic carbocycles. The van der Waals surface area contributed by atoms with E-state index in [0.717, 1.165) is 5.56 Å². The van der Waals surface area contributed by atoms with E-state index in [1.807, 2.05) is 11.8 Å². The first-order valence-electron chi connectivity index (χ1n) is 12.9. The smallest absolute Gasteiger partial charge is 0.326 e. The number of amidine groups is 1. The van der Waals surface area contributed by atoms with Crippen LogP contribution in [0, 0.1) is 11.3 Å². The van der Waals surface area contributed by atoms with Gasteiger partial charge in [-0.2, -0.15) is 5.26 Å². The van der Waals surface area contributed by atoms with Gasteiger partial charge in [-0.05, 0) is 56.2 Å². The van der Waals surface area contributed by atoms with Crippen LogP contribution in [0.5, 0.6) is 11.5 Å². The van der Waals surface area contributed by atoms with Gasteiger partial charge in [-0.1, -0.05) is 23.7 Å². The summed E-state index contributed by atoms with van der Waals surface area (Å²) in [7, 11) is 0. The van der Waals surface area contributed by atoms with Crippen LogP contribution in [-0.2, 0) is 10.2 Å². The minimum atomic E-state index is -0.854. The number of benzene rings is 2. The molecule has 0 spiro atoms. The molecule has 0 aliphatic carbocycles. The number of nitrogens with two attached hydrogens (primary N) is 1. The van der Waals surface area contributed by atoms with Gasteiger partial charge in [0.1, 0.15) is 17.3 Å². The minimum absolute atomic E-state index is 0.127. The number of rotatable bonds is 7. The summed E-state index contributed by atoms with van der Waals surface area (Å²) in [6.07, 6.45) is 0. The van der Waals surface area contributed by atoms with Gasteiger partial charge in [-0.3, -0.25) is 19.6 Å². The summed E-state index contributed by atoms with van der Waals surface area (Å²) in [5.41, 5.74) is 6.49. The Kier molecular flexibility index (Phi) is 8.33. The molecule has 2 aliphatic rings. The molecule has 206 valence electrons. The topological polar surface area (TPSA) is 135 Å². The third-order valence-electron chi connectivity index (χ3n) is 7.02. The highest BCUT2D eigenvalue weighted by Gasteiger charge is 2.40. The Morgan fingerprint density at radius 2 is 1.87 bits per heavy atom. The summed E-state index contributed by atoms with van der Waals surface area (Å²) in [5, 5.41) is 19.9. The molecule has 1 atom stereocenters. The molecule has 4 rings (SSSR count). The standard InChI is InChI=1S/C28H33ClN6O4/c1-4-39-24-14-21(28(2,3)17-30)22(29)13-20(24)26-32-15-23(18-5-7-19(36)8-6-18)35(26)27(38)34-11-9-33(10-12-34)16-25(31)37/h5-8,13-14,23,36H,4,9-12,15-16H2,1-3H3,(H2,31,37)/t23-/m0/s1. The largest absolute Gasteiger partial charge is 0.508 e. The number of hydrogen-bond donors (Lipinski definition) is 2. The summed E-state index contributed by atoms with van der Waals surface area (Å²) in [5.74, 6) is 0.626. The van der Waals surface area contributed by atoms with Crippen LogP contribution < -0.4 is 10.5 Å². The van der Waals surface area contributed by atoms with Crippen LogP contribution in [0.25, 0.3) is 0 Å². The first-order valence-corrected chi connectivity index (χ1v) is 13.2. The molecule has 11 heteroatoms. The molecule has 0 bridgehead atoms. The Balaban J connectivity index is 1.73. The average Bonchev–Trinajstić information content (AvgIpc) is 3.34. The van der Waals surface area contributed by atoms with Crippen LogP contribution in [0.1, 0.15) is 43.5 Å². The van der Waals surface area contributed by atoms with Crippen LogP contribution in [0.2, 0.25) is 5.02 Å². The normalized spacial score (nSPS) is 18.0. The second-order valence-corrected chi connectivity index (χ2v) is 10.6. The van der Waals surface area contributed by atoms with Crippen molar-refractivity contribution in [2.45, 2.75) is 32.2 Å². The number of piperazine rings is 1. The fourth-order valence-electron chi connectivity index (χ4n) is 4.88. The van der Waals surface area contributed by atoms with Gasteiger partial charge >= 0.3 is 6.03 Å². The predicted molar refractivity (Wildman–Crippen MR) is 148 cm³/mol. The number of nitriles is 1. The van der Waals surface area contributed by atoms with Crippen molar-refractivity contribution in [1.82, 2.24) is 14.7 Å². The monoisotopic (exact) mass is 552 g/mol.